The molecular weight excluding hydrogens is 325 g/mol. The molecule has 0 fully saturated rings. The third-order valence-corrected chi connectivity index (χ3v) is 3.72. The van der Waals surface area contributed by atoms with E-state index in [4.69, 9.17) is 32.7 Å². The van der Waals surface area contributed by atoms with Crippen LogP contribution in [-0.4, -0.2) is 19.1 Å². The Labute approximate surface area is 137 Å². The Morgan fingerprint density at radius 3 is 2.50 bits per heavy atom. The lowest BCUT2D eigenvalue weighted by Crippen LogP contribution is -2.12. The molecule has 0 aromatic heterocycles. The van der Waals surface area contributed by atoms with Crippen LogP contribution in [0.25, 0.3) is 0 Å². The number of rotatable bonds is 2. The SMILES string of the molecule is O=C(Nc1cc2c(cc1Cl)OCCCO2)c1cccc(Cl)c1. The van der Waals surface area contributed by atoms with Crippen LogP contribution in [0.5, 0.6) is 11.5 Å². The van der Waals surface area contributed by atoms with Crippen molar-refractivity contribution < 1.29 is 14.3 Å². The monoisotopic (exact) mass is 337 g/mol. The molecule has 6 heteroatoms. The molecule has 2 aromatic carbocycles. The van der Waals surface area contributed by atoms with Crippen LogP contribution in [0.15, 0.2) is 36.4 Å². The van der Waals surface area contributed by atoms with Gasteiger partial charge in [-0.05, 0) is 18.2 Å². The van der Waals surface area contributed by atoms with Crippen LogP contribution in [0.3, 0.4) is 0 Å². The number of amides is 1. The molecule has 0 bridgehead atoms. The zero-order chi connectivity index (χ0) is 15.5. The maximum Gasteiger partial charge on any atom is 0.255 e. The lowest BCUT2D eigenvalue weighted by molar-refractivity contribution is 0.102. The number of nitrogens with one attached hydrogen (secondary N) is 1. The number of anilines is 1. The van der Waals surface area contributed by atoms with Gasteiger partial charge in [-0.1, -0.05) is 29.3 Å². The fourth-order valence-corrected chi connectivity index (χ4v) is 2.50. The van der Waals surface area contributed by atoms with Crippen molar-refractivity contribution in [2.75, 3.05) is 18.5 Å². The first-order chi connectivity index (χ1) is 10.6. The van der Waals surface area contributed by atoms with Gasteiger partial charge in [0.05, 0.1) is 23.9 Å². The van der Waals surface area contributed by atoms with E-state index in [-0.39, 0.29) is 5.91 Å². The van der Waals surface area contributed by atoms with Crippen molar-refractivity contribution in [1.29, 1.82) is 0 Å². The van der Waals surface area contributed by atoms with Gasteiger partial charge >= 0.3 is 0 Å². The van der Waals surface area contributed by atoms with Gasteiger partial charge in [-0.15, -0.1) is 0 Å². The standard InChI is InChI=1S/C16H13Cl2NO3/c17-11-4-1-3-10(7-11)16(20)19-13-9-15-14(8-12(13)18)21-5-2-6-22-15/h1,3-4,7-9H,2,5-6H2,(H,19,20). The second-order valence-electron chi connectivity index (χ2n) is 4.79. The number of hydrogen-bond acceptors (Lipinski definition) is 3. The number of fused-ring (bicyclic) bond motifs is 1. The molecule has 0 saturated heterocycles. The van der Waals surface area contributed by atoms with Gasteiger partial charge in [0, 0.05) is 29.1 Å². The molecule has 0 saturated carbocycles. The summed E-state index contributed by atoms with van der Waals surface area (Å²) in [6, 6.07) is 10.0. The highest BCUT2D eigenvalue weighted by atomic mass is 35.5. The molecule has 0 spiro atoms. The molecule has 0 aliphatic carbocycles. The molecule has 4 nitrogen and oxygen atoms in total. The van der Waals surface area contributed by atoms with Gasteiger partial charge < -0.3 is 14.8 Å². The summed E-state index contributed by atoms with van der Waals surface area (Å²) in [5, 5.41) is 3.65. The summed E-state index contributed by atoms with van der Waals surface area (Å²) in [6.45, 7) is 1.15. The molecule has 1 amide bonds. The van der Waals surface area contributed by atoms with Gasteiger partial charge in [0.25, 0.3) is 5.91 Å². The maximum atomic E-state index is 12.3. The lowest BCUT2D eigenvalue weighted by atomic mass is 10.2. The Balaban J connectivity index is 1.86. The second kappa shape index (κ2) is 6.46. The number of benzene rings is 2. The quantitative estimate of drug-likeness (QED) is 0.882. The Bertz CT molecular complexity index is 719. The van der Waals surface area contributed by atoms with Gasteiger partial charge in [0.2, 0.25) is 0 Å². The van der Waals surface area contributed by atoms with E-state index in [2.05, 4.69) is 5.32 Å². The van der Waals surface area contributed by atoms with E-state index >= 15 is 0 Å². The molecule has 114 valence electrons. The molecule has 0 unspecified atom stereocenters. The van der Waals surface area contributed by atoms with E-state index in [1.807, 2.05) is 0 Å². The molecule has 1 N–H and O–H groups in total. The van der Waals surface area contributed by atoms with Crippen molar-refractivity contribution in [3.63, 3.8) is 0 Å². The van der Waals surface area contributed by atoms with E-state index in [9.17, 15) is 4.79 Å². The van der Waals surface area contributed by atoms with Gasteiger partial charge in [-0.25, -0.2) is 0 Å². The first-order valence-corrected chi connectivity index (χ1v) is 7.55. The molecule has 3 rings (SSSR count). The fourth-order valence-electron chi connectivity index (χ4n) is 2.10. The summed E-state index contributed by atoms with van der Waals surface area (Å²) >= 11 is 12.1. The lowest BCUT2D eigenvalue weighted by Gasteiger charge is -2.12. The average Bonchev–Trinajstić information content (AvgIpc) is 2.72. The number of hydrogen-bond donors (Lipinski definition) is 1. The molecule has 0 radical (unpaired) electrons. The van der Waals surface area contributed by atoms with E-state index in [1.165, 1.54) is 0 Å². The van der Waals surface area contributed by atoms with Crippen LogP contribution < -0.4 is 14.8 Å². The minimum absolute atomic E-state index is 0.293. The maximum absolute atomic E-state index is 12.3. The van der Waals surface area contributed by atoms with Crippen LogP contribution in [0.2, 0.25) is 10.0 Å². The highest BCUT2D eigenvalue weighted by molar-refractivity contribution is 6.34. The van der Waals surface area contributed by atoms with Crippen molar-refractivity contribution in [2.24, 2.45) is 0 Å². The zero-order valence-electron chi connectivity index (χ0n) is 11.6. The van der Waals surface area contributed by atoms with E-state index in [0.29, 0.717) is 46.0 Å². The highest BCUT2D eigenvalue weighted by Gasteiger charge is 2.16. The van der Waals surface area contributed by atoms with E-state index < -0.39 is 0 Å². The van der Waals surface area contributed by atoms with Crippen molar-refractivity contribution in [3.8, 4) is 11.5 Å². The van der Waals surface area contributed by atoms with Gasteiger partial charge in [-0.2, -0.15) is 0 Å². The Morgan fingerprint density at radius 1 is 1.05 bits per heavy atom. The summed E-state index contributed by atoms with van der Waals surface area (Å²) in [5.74, 6) is 0.866. The summed E-state index contributed by atoms with van der Waals surface area (Å²) in [5.41, 5.74) is 0.923. The Kier molecular flexibility index (Phi) is 4.41. The van der Waals surface area contributed by atoms with Crippen LogP contribution in [0.1, 0.15) is 16.8 Å². The number of ether oxygens (including phenoxy) is 2. The van der Waals surface area contributed by atoms with Gasteiger partial charge in [0.1, 0.15) is 0 Å². The first-order valence-electron chi connectivity index (χ1n) is 6.79. The van der Waals surface area contributed by atoms with Crippen LogP contribution in [0, 0.1) is 0 Å². The third kappa shape index (κ3) is 3.29. The predicted octanol–water partition coefficient (Wildman–Crippen LogP) is 4.41. The van der Waals surface area contributed by atoms with Gasteiger partial charge in [0.15, 0.2) is 11.5 Å². The zero-order valence-corrected chi connectivity index (χ0v) is 13.1. The molecule has 0 atom stereocenters. The first kappa shape index (κ1) is 15.0. The highest BCUT2D eigenvalue weighted by Crippen LogP contribution is 2.37. The van der Waals surface area contributed by atoms with E-state index in [0.717, 1.165) is 6.42 Å². The molecule has 1 heterocycles. The summed E-state index contributed by atoms with van der Waals surface area (Å²) in [4.78, 5) is 12.3. The third-order valence-electron chi connectivity index (χ3n) is 3.17. The van der Waals surface area contributed by atoms with Crippen LogP contribution in [-0.2, 0) is 0 Å². The molecule has 22 heavy (non-hydrogen) atoms. The number of carbonyl (C=O) groups excluding carboxylic acids is 1. The molecule has 2 aromatic rings. The van der Waals surface area contributed by atoms with Crippen LogP contribution in [0.4, 0.5) is 5.69 Å². The topological polar surface area (TPSA) is 47.6 Å². The van der Waals surface area contributed by atoms with Crippen molar-refractivity contribution in [3.05, 3.63) is 52.0 Å². The average molecular weight is 338 g/mol. The Hall–Kier alpha value is -1.91. The largest absolute Gasteiger partial charge is 0.490 e. The molecule has 1 aliphatic heterocycles. The normalized spacial score (nSPS) is 13.4. The van der Waals surface area contributed by atoms with Crippen molar-refractivity contribution in [2.45, 2.75) is 6.42 Å². The van der Waals surface area contributed by atoms with E-state index in [1.54, 1.807) is 36.4 Å². The number of halogens is 2. The van der Waals surface area contributed by atoms with Gasteiger partial charge in [-0.3, -0.25) is 4.79 Å². The molecular formula is C16H13Cl2NO3. The summed E-state index contributed by atoms with van der Waals surface area (Å²) in [6.07, 6.45) is 0.802. The van der Waals surface area contributed by atoms with Crippen molar-refractivity contribution >= 4 is 34.8 Å². The number of carbonyl (C=O) groups is 1. The second-order valence-corrected chi connectivity index (χ2v) is 5.64. The fraction of sp³-hybridized carbons (Fsp3) is 0.188. The summed E-state index contributed by atoms with van der Waals surface area (Å²) < 4.78 is 11.1. The Morgan fingerprint density at radius 2 is 1.77 bits per heavy atom. The minimum atomic E-state index is -0.293. The predicted molar refractivity (Wildman–Crippen MR) is 86.5 cm³/mol. The minimum Gasteiger partial charge on any atom is -0.490 e. The summed E-state index contributed by atoms with van der Waals surface area (Å²) in [7, 11) is 0. The van der Waals surface area contributed by atoms with Crippen LogP contribution >= 0.6 is 23.2 Å². The smallest absolute Gasteiger partial charge is 0.255 e. The molecule has 1 aliphatic rings. The van der Waals surface area contributed by atoms with Crippen molar-refractivity contribution in [1.82, 2.24) is 0 Å².